The fraction of sp³-hybridized carbons (Fsp3) is 0.214. The summed E-state index contributed by atoms with van der Waals surface area (Å²) >= 11 is 4.97. The average molecular weight is 289 g/mol. The summed E-state index contributed by atoms with van der Waals surface area (Å²) < 4.78 is 11.0. The van der Waals surface area contributed by atoms with Gasteiger partial charge in [-0.15, -0.1) is 5.10 Å². The number of aromatic nitrogens is 2. The van der Waals surface area contributed by atoms with Crippen molar-refractivity contribution in [3.63, 3.8) is 0 Å². The second-order valence-corrected chi connectivity index (χ2v) is 4.49. The Labute approximate surface area is 122 Å². The SMILES string of the molecule is CCc1ccc(Oc2nnccc2C(N)=S)c(OC)c1. The van der Waals surface area contributed by atoms with Gasteiger partial charge in [-0.25, -0.2) is 0 Å². The van der Waals surface area contributed by atoms with Gasteiger partial charge < -0.3 is 15.2 Å². The van der Waals surface area contributed by atoms with Crippen molar-refractivity contribution >= 4 is 17.2 Å². The van der Waals surface area contributed by atoms with Crippen LogP contribution in [0, 0.1) is 0 Å². The van der Waals surface area contributed by atoms with Crippen LogP contribution < -0.4 is 15.2 Å². The van der Waals surface area contributed by atoms with Crippen LogP contribution in [0.3, 0.4) is 0 Å². The predicted molar refractivity (Wildman–Crippen MR) is 80.4 cm³/mol. The van der Waals surface area contributed by atoms with Crippen molar-refractivity contribution in [3.05, 3.63) is 41.6 Å². The first-order valence-electron chi connectivity index (χ1n) is 6.12. The van der Waals surface area contributed by atoms with Crippen LogP contribution in [0.1, 0.15) is 18.1 Å². The average Bonchev–Trinajstić information content (AvgIpc) is 2.48. The van der Waals surface area contributed by atoms with Crippen LogP contribution >= 0.6 is 12.2 Å². The van der Waals surface area contributed by atoms with Gasteiger partial charge in [0.15, 0.2) is 11.5 Å². The second kappa shape index (κ2) is 6.29. The van der Waals surface area contributed by atoms with E-state index in [0.29, 0.717) is 17.1 Å². The fourth-order valence-corrected chi connectivity index (χ4v) is 1.86. The lowest BCUT2D eigenvalue weighted by Gasteiger charge is -2.12. The number of nitrogens with zero attached hydrogens (tertiary/aromatic N) is 2. The Morgan fingerprint density at radius 1 is 1.30 bits per heavy atom. The largest absolute Gasteiger partial charge is 0.493 e. The predicted octanol–water partition coefficient (Wildman–Crippen LogP) is 2.47. The van der Waals surface area contributed by atoms with Gasteiger partial charge in [0, 0.05) is 0 Å². The van der Waals surface area contributed by atoms with Crippen LogP contribution in [0.4, 0.5) is 0 Å². The van der Waals surface area contributed by atoms with E-state index >= 15 is 0 Å². The number of benzene rings is 1. The minimum atomic E-state index is 0.207. The summed E-state index contributed by atoms with van der Waals surface area (Å²) in [6, 6.07) is 7.38. The molecule has 0 saturated heterocycles. The van der Waals surface area contributed by atoms with E-state index in [-0.39, 0.29) is 10.9 Å². The van der Waals surface area contributed by atoms with Crippen LogP contribution in [-0.2, 0) is 6.42 Å². The topological polar surface area (TPSA) is 70.3 Å². The number of rotatable bonds is 5. The Bertz CT molecular complexity index is 632. The Balaban J connectivity index is 2.37. The molecule has 0 spiro atoms. The summed E-state index contributed by atoms with van der Waals surface area (Å²) in [5.41, 5.74) is 7.33. The van der Waals surface area contributed by atoms with Gasteiger partial charge in [-0.2, -0.15) is 5.10 Å². The molecule has 0 fully saturated rings. The molecule has 0 bridgehead atoms. The summed E-state index contributed by atoms with van der Waals surface area (Å²) in [5.74, 6) is 1.44. The standard InChI is InChI=1S/C14H15N3O2S/c1-3-9-4-5-11(12(8-9)18-2)19-14-10(13(15)20)6-7-16-17-14/h4-8H,3H2,1-2H3,(H2,15,20). The van der Waals surface area contributed by atoms with E-state index < -0.39 is 0 Å². The van der Waals surface area contributed by atoms with Crippen LogP contribution in [0.2, 0.25) is 0 Å². The van der Waals surface area contributed by atoms with Crippen LogP contribution in [0.15, 0.2) is 30.5 Å². The normalized spacial score (nSPS) is 10.1. The monoisotopic (exact) mass is 289 g/mol. The van der Waals surface area contributed by atoms with E-state index in [4.69, 9.17) is 27.4 Å². The number of ether oxygens (including phenoxy) is 2. The number of thiocarbonyl (C=S) groups is 1. The molecule has 0 aliphatic rings. The Kier molecular flexibility index (Phi) is 4.47. The van der Waals surface area contributed by atoms with Gasteiger partial charge in [0.2, 0.25) is 5.88 Å². The number of methoxy groups -OCH3 is 1. The van der Waals surface area contributed by atoms with Crippen LogP contribution in [-0.4, -0.2) is 22.3 Å². The van der Waals surface area contributed by atoms with Gasteiger partial charge in [-0.1, -0.05) is 25.2 Å². The molecule has 2 N–H and O–H groups in total. The first-order valence-corrected chi connectivity index (χ1v) is 6.52. The zero-order valence-electron chi connectivity index (χ0n) is 11.3. The molecule has 0 unspecified atom stereocenters. The summed E-state index contributed by atoms with van der Waals surface area (Å²) in [6.07, 6.45) is 2.43. The highest BCUT2D eigenvalue weighted by molar-refractivity contribution is 7.80. The summed E-state index contributed by atoms with van der Waals surface area (Å²) in [7, 11) is 1.59. The van der Waals surface area contributed by atoms with E-state index in [1.807, 2.05) is 18.2 Å². The molecule has 1 aromatic heterocycles. The number of hydrogen-bond acceptors (Lipinski definition) is 5. The molecule has 6 heteroatoms. The first-order chi connectivity index (χ1) is 9.65. The van der Waals surface area contributed by atoms with Gasteiger partial charge in [0.25, 0.3) is 0 Å². The molecule has 104 valence electrons. The van der Waals surface area contributed by atoms with Crippen molar-refractivity contribution in [2.24, 2.45) is 5.73 Å². The lowest BCUT2D eigenvalue weighted by atomic mass is 10.1. The molecule has 1 aromatic carbocycles. The third-order valence-corrected chi connectivity index (χ3v) is 3.02. The van der Waals surface area contributed by atoms with E-state index in [9.17, 15) is 0 Å². The smallest absolute Gasteiger partial charge is 0.249 e. The van der Waals surface area contributed by atoms with Crippen molar-refractivity contribution in [2.45, 2.75) is 13.3 Å². The number of hydrogen-bond donors (Lipinski definition) is 1. The molecule has 0 atom stereocenters. The van der Waals surface area contributed by atoms with Crippen molar-refractivity contribution in [1.82, 2.24) is 10.2 Å². The first kappa shape index (κ1) is 14.2. The second-order valence-electron chi connectivity index (χ2n) is 4.06. The highest BCUT2D eigenvalue weighted by atomic mass is 32.1. The molecule has 0 radical (unpaired) electrons. The summed E-state index contributed by atoms with van der Waals surface area (Å²) in [6.45, 7) is 2.07. The van der Waals surface area contributed by atoms with Gasteiger partial charge >= 0.3 is 0 Å². The molecular formula is C14H15N3O2S. The lowest BCUT2D eigenvalue weighted by Crippen LogP contribution is -2.12. The maximum atomic E-state index is 5.73. The van der Waals surface area contributed by atoms with Crippen molar-refractivity contribution < 1.29 is 9.47 Å². The minimum Gasteiger partial charge on any atom is -0.493 e. The quantitative estimate of drug-likeness (QED) is 0.853. The summed E-state index contributed by atoms with van der Waals surface area (Å²) in [5, 5.41) is 7.70. The lowest BCUT2D eigenvalue weighted by molar-refractivity contribution is 0.371. The minimum absolute atomic E-state index is 0.207. The van der Waals surface area contributed by atoms with E-state index in [1.165, 1.54) is 6.20 Å². The molecule has 1 heterocycles. The van der Waals surface area contributed by atoms with Crippen molar-refractivity contribution in [2.75, 3.05) is 7.11 Å². The summed E-state index contributed by atoms with van der Waals surface area (Å²) in [4.78, 5) is 0.207. The van der Waals surface area contributed by atoms with Crippen LogP contribution in [0.5, 0.6) is 17.4 Å². The van der Waals surface area contributed by atoms with Gasteiger partial charge in [-0.05, 0) is 30.2 Å². The Morgan fingerprint density at radius 3 is 2.75 bits per heavy atom. The maximum Gasteiger partial charge on any atom is 0.249 e. The maximum absolute atomic E-state index is 5.73. The molecule has 2 rings (SSSR count). The van der Waals surface area contributed by atoms with Crippen LogP contribution in [0.25, 0.3) is 0 Å². The van der Waals surface area contributed by atoms with E-state index in [2.05, 4.69) is 17.1 Å². The van der Waals surface area contributed by atoms with Gasteiger partial charge in [0.05, 0.1) is 18.9 Å². The number of nitrogens with two attached hydrogens (primary N) is 1. The molecule has 20 heavy (non-hydrogen) atoms. The molecule has 2 aromatic rings. The highest BCUT2D eigenvalue weighted by Crippen LogP contribution is 2.32. The molecule has 5 nitrogen and oxygen atoms in total. The Hall–Kier alpha value is -2.21. The third-order valence-electron chi connectivity index (χ3n) is 2.80. The van der Waals surface area contributed by atoms with Crippen molar-refractivity contribution in [3.8, 4) is 17.4 Å². The van der Waals surface area contributed by atoms with Crippen molar-refractivity contribution in [1.29, 1.82) is 0 Å². The van der Waals surface area contributed by atoms with E-state index in [1.54, 1.807) is 13.2 Å². The molecule has 0 amide bonds. The number of aryl methyl sites for hydroxylation is 1. The zero-order chi connectivity index (χ0) is 14.5. The van der Waals surface area contributed by atoms with Gasteiger partial charge in [0.1, 0.15) is 4.99 Å². The molecule has 0 saturated carbocycles. The molecule has 0 aliphatic heterocycles. The third kappa shape index (κ3) is 3.03. The van der Waals surface area contributed by atoms with Gasteiger partial charge in [-0.3, -0.25) is 0 Å². The Morgan fingerprint density at radius 2 is 2.10 bits per heavy atom. The molecule has 0 aliphatic carbocycles. The zero-order valence-corrected chi connectivity index (χ0v) is 12.1. The van der Waals surface area contributed by atoms with E-state index in [0.717, 1.165) is 12.0 Å². The highest BCUT2D eigenvalue weighted by Gasteiger charge is 2.12. The fourth-order valence-electron chi connectivity index (χ4n) is 1.70. The molecular weight excluding hydrogens is 274 g/mol.